The summed E-state index contributed by atoms with van der Waals surface area (Å²) in [6.45, 7) is 4.53. The minimum Gasteiger partial charge on any atom is -0.469 e. The number of furan rings is 1. The van der Waals surface area contributed by atoms with Crippen LogP contribution in [0.3, 0.4) is 0 Å². The van der Waals surface area contributed by atoms with Gasteiger partial charge in [0, 0.05) is 18.4 Å². The second kappa shape index (κ2) is 5.70. The molecule has 0 bridgehead atoms. The molecule has 0 fully saturated rings. The Kier molecular flexibility index (Phi) is 4.55. The van der Waals surface area contributed by atoms with Crippen molar-refractivity contribution >= 4 is 5.91 Å². The molecule has 4 nitrogen and oxygen atoms in total. The fourth-order valence-corrected chi connectivity index (χ4v) is 1.55. The average molecular weight is 224 g/mol. The molecule has 0 unspecified atom stereocenters. The Morgan fingerprint density at radius 1 is 1.56 bits per heavy atom. The largest absolute Gasteiger partial charge is 0.469 e. The second-order valence-corrected chi connectivity index (χ2v) is 4.55. The van der Waals surface area contributed by atoms with Crippen LogP contribution in [0.2, 0.25) is 0 Å². The molecule has 1 aromatic rings. The van der Waals surface area contributed by atoms with Crippen molar-refractivity contribution in [1.29, 1.82) is 0 Å². The van der Waals surface area contributed by atoms with Crippen LogP contribution in [0.5, 0.6) is 0 Å². The highest BCUT2D eigenvalue weighted by atomic mass is 16.3. The van der Waals surface area contributed by atoms with E-state index >= 15 is 0 Å². The van der Waals surface area contributed by atoms with Crippen molar-refractivity contribution in [2.24, 2.45) is 5.73 Å². The predicted octanol–water partition coefficient (Wildman–Crippen LogP) is 1.46. The third-order valence-corrected chi connectivity index (χ3v) is 2.43. The van der Waals surface area contributed by atoms with Crippen LogP contribution in [0.25, 0.3) is 0 Å². The van der Waals surface area contributed by atoms with E-state index in [1.807, 2.05) is 26.0 Å². The lowest BCUT2D eigenvalue weighted by atomic mass is 10.0. The maximum atomic E-state index is 11.6. The molecule has 0 spiro atoms. The Labute approximate surface area is 96.2 Å². The minimum absolute atomic E-state index is 0.0369. The number of hydrogen-bond acceptors (Lipinski definition) is 3. The number of hydrogen-bond donors (Lipinski definition) is 2. The Balaban J connectivity index is 2.30. The summed E-state index contributed by atoms with van der Waals surface area (Å²) in [4.78, 5) is 11.6. The zero-order valence-electron chi connectivity index (χ0n) is 9.95. The molecule has 4 heteroatoms. The summed E-state index contributed by atoms with van der Waals surface area (Å²) in [5.74, 6) is 0.877. The van der Waals surface area contributed by atoms with Gasteiger partial charge in [0.15, 0.2) is 0 Å². The van der Waals surface area contributed by atoms with Gasteiger partial charge in [-0.3, -0.25) is 4.79 Å². The number of amides is 1. The molecule has 0 saturated heterocycles. The fourth-order valence-electron chi connectivity index (χ4n) is 1.55. The first-order chi connectivity index (χ1) is 7.53. The van der Waals surface area contributed by atoms with Gasteiger partial charge in [0.05, 0.1) is 6.26 Å². The predicted molar refractivity (Wildman–Crippen MR) is 62.9 cm³/mol. The Morgan fingerprint density at radius 2 is 2.31 bits per heavy atom. The lowest BCUT2D eigenvalue weighted by Crippen LogP contribution is -2.44. The molecule has 0 aliphatic carbocycles. The van der Waals surface area contributed by atoms with Crippen LogP contribution < -0.4 is 11.1 Å². The monoisotopic (exact) mass is 224 g/mol. The molecule has 0 atom stereocenters. The van der Waals surface area contributed by atoms with Gasteiger partial charge in [0.2, 0.25) is 5.91 Å². The van der Waals surface area contributed by atoms with Gasteiger partial charge in [-0.15, -0.1) is 0 Å². The lowest BCUT2D eigenvalue weighted by Gasteiger charge is -2.25. The minimum atomic E-state index is -0.227. The van der Waals surface area contributed by atoms with E-state index in [9.17, 15) is 4.79 Å². The van der Waals surface area contributed by atoms with E-state index in [1.165, 1.54) is 0 Å². The standard InChI is InChI=1S/C12H20N2O2/c1-12(2,7-8-13)14-11(15)6-5-10-4-3-9-16-10/h3-4,9H,5-8,13H2,1-2H3,(H,14,15). The summed E-state index contributed by atoms with van der Waals surface area (Å²) in [6, 6.07) is 3.70. The van der Waals surface area contributed by atoms with Crippen molar-refractivity contribution in [3.8, 4) is 0 Å². The molecule has 0 aliphatic rings. The second-order valence-electron chi connectivity index (χ2n) is 4.55. The normalized spacial score (nSPS) is 11.4. The van der Waals surface area contributed by atoms with Crippen molar-refractivity contribution in [3.63, 3.8) is 0 Å². The first kappa shape index (κ1) is 12.8. The van der Waals surface area contributed by atoms with E-state index in [1.54, 1.807) is 6.26 Å². The maximum Gasteiger partial charge on any atom is 0.220 e. The van der Waals surface area contributed by atoms with E-state index in [-0.39, 0.29) is 11.4 Å². The molecule has 16 heavy (non-hydrogen) atoms. The number of rotatable bonds is 6. The maximum absolute atomic E-state index is 11.6. The van der Waals surface area contributed by atoms with Crippen LogP contribution >= 0.6 is 0 Å². The van der Waals surface area contributed by atoms with E-state index in [0.29, 0.717) is 19.4 Å². The smallest absolute Gasteiger partial charge is 0.220 e. The van der Waals surface area contributed by atoms with E-state index in [4.69, 9.17) is 10.2 Å². The molecular weight excluding hydrogens is 204 g/mol. The molecule has 0 radical (unpaired) electrons. The van der Waals surface area contributed by atoms with Gasteiger partial charge in [-0.2, -0.15) is 0 Å². The van der Waals surface area contributed by atoms with Gasteiger partial charge in [0.1, 0.15) is 5.76 Å². The average Bonchev–Trinajstić information content (AvgIpc) is 2.66. The van der Waals surface area contributed by atoms with Gasteiger partial charge >= 0.3 is 0 Å². The van der Waals surface area contributed by atoms with Gasteiger partial charge < -0.3 is 15.5 Å². The number of aryl methyl sites for hydroxylation is 1. The molecule has 0 aromatic carbocycles. The molecule has 3 N–H and O–H groups in total. The molecule has 1 heterocycles. The SMILES string of the molecule is CC(C)(CCN)NC(=O)CCc1ccco1. The Bertz CT molecular complexity index is 318. The van der Waals surface area contributed by atoms with E-state index < -0.39 is 0 Å². The van der Waals surface area contributed by atoms with Crippen LogP contribution in [0.15, 0.2) is 22.8 Å². The molecule has 1 rings (SSSR count). The third-order valence-electron chi connectivity index (χ3n) is 2.43. The van der Waals surface area contributed by atoms with Crippen molar-refractivity contribution in [1.82, 2.24) is 5.32 Å². The summed E-state index contributed by atoms with van der Waals surface area (Å²) in [5.41, 5.74) is 5.25. The zero-order chi connectivity index (χ0) is 12.0. The highest BCUT2D eigenvalue weighted by Crippen LogP contribution is 2.08. The van der Waals surface area contributed by atoms with Crippen LogP contribution in [0, 0.1) is 0 Å². The molecular formula is C12H20N2O2. The van der Waals surface area contributed by atoms with E-state index in [0.717, 1.165) is 12.2 Å². The van der Waals surface area contributed by atoms with Gasteiger partial charge in [-0.1, -0.05) is 0 Å². The van der Waals surface area contributed by atoms with Crippen molar-refractivity contribution in [2.45, 2.75) is 38.6 Å². The van der Waals surface area contributed by atoms with Crippen molar-refractivity contribution < 1.29 is 9.21 Å². The number of carbonyl (C=O) groups excluding carboxylic acids is 1. The summed E-state index contributed by atoms with van der Waals surface area (Å²) >= 11 is 0. The molecule has 90 valence electrons. The molecule has 1 amide bonds. The number of nitrogens with one attached hydrogen (secondary N) is 1. The van der Waals surface area contributed by atoms with Gasteiger partial charge in [0.25, 0.3) is 0 Å². The first-order valence-corrected chi connectivity index (χ1v) is 5.57. The number of carbonyl (C=O) groups is 1. The van der Waals surface area contributed by atoms with Gasteiger partial charge in [-0.25, -0.2) is 0 Å². The summed E-state index contributed by atoms with van der Waals surface area (Å²) in [7, 11) is 0. The Hall–Kier alpha value is -1.29. The first-order valence-electron chi connectivity index (χ1n) is 5.57. The third kappa shape index (κ3) is 4.49. The van der Waals surface area contributed by atoms with Crippen LogP contribution in [0.4, 0.5) is 0 Å². The molecule has 0 saturated carbocycles. The zero-order valence-corrected chi connectivity index (χ0v) is 9.95. The molecule has 1 aromatic heterocycles. The van der Waals surface area contributed by atoms with Crippen molar-refractivity contribution in [3.05, 3.63) is 24.2 Å². The Morgan fingerprint density at radius 3 is 2.88 bits per heavy atom. The molecule has 0 aliphatic heterocycles. The fraction of sp³-hybridized carbons (Fsp3) is 0.583. The lowest BCUT2D eigenvalue weighted by molar-refractivity contribution is -0.122. The van der Waals surface area contributed by atoms with Crippen LogP contribution in [0.1, 0.15) is 32.4 Å². The number of nitrogens with two attached hydrogens (primary N) is 1. The quantitative estimate of drug-likeness (QED) is 0.768. The van der Waals surface area contributed by atoms with Crippen LogP contribution in [-0.4, -0.2) is 18.0 Å². The van der Waals surface area contributed by atoms with Gasteiger partial charge in [-0.05, 0) is 38.9 Å². The van der Waals surface area contributed by atoms with Crippen LogP contribution in [-0.2, 0) is 11.2 Å². The van der Waals surface area contributed by atoms with Crippen molar-refractivity contribution in [2.75, 3.05) is 6.54 Å². The summed E-state index contributed by atoms with van der Waals surface area (Å²) in [6.07, 6.45) is 3.48. The highest BCUT2D eigenvalue weighted by Gasteiger charge is 2.19. The highest BCUT2D eigenvalue weighted by molar-refractivity contribution is 5.76. The summed E-state index contributed by atoms with van der Waals surface area (Å²) < 4.78 is 5.16. The van der Waals surface area contributed by atoms with E-state index in [2.05, 4.69) is 5.32 Å². The summed E-state index contributed by atoms with van der Waals surface area (Å²) in [5, 5.41) is 2.96. The topological polar surface area (TPSA) is 68.3 Å².